The summed E-state index contributed by atoms with van der Waals surface area (Å²) in [5.41, 5.74) is 1.01. The van der Waals surface area contributed by atoms with Gasteiger partial charge in [-0.15, -0.1) is 0 Å². The van der Waals surface area contributed by atoms with Crippen molar-refractivity contribution in [1.29, 1.82) is 0 Å². The molecule has 0 aliphatic rings. The maximum absolute atomic E-state index is 6.07. The van der Waals surface area contributed by atoms with Crippen molar-refractivity contribution in [2.75, 3.05) is 0 Å². The molecule has 5 rings (SSSR count). The lowest BCUT2D eigenvalue weighted by atomic mass is 9.97. The lowest BCUT2D eigenvalue weighted by Crippen LogP contribution is -1.80. The molecule has 1 heterocycles. The Morgan fingerprint density at radius 2 is 1.39 bits per heavy atom. The minimum absolute atomic E-state index is 0.925. The first-order chi connectivity index (χ1) is 11.3. The van der Waals surface area contributed by atoms with E-state index >= 15 is 0 Å². The number of aryl methyl sites for hydroxylation is 1. The van der Waals surface area contributed by atoms with Gasteiger partial charge in [-0.25, -0.2) is 0 Å². The average Bonchev–Trinajstić information content (AvgIpc) is 3.03. The van der Waals surface area contributed by atoms with Crippen LogP contribution in [0.25, 0.3) is 43.3 Å². The molecule has 0 N–H and O–H groups in total. The molecule has 1 aromatic heterocycles. The SMILES string of the molecule is CCc1cc2ccc3c4cc5ccccc5cc4ccc3c2o1. The van der Waals surface area contributed by atoms with E-state index in [4.69, 9.17) is 4.42 Å². The Kier molecular flexibility index (Phi) is 2.54. The fourth-order valence-electron chi connectivity index (χ4n) is 3.55. The fraction of sp³-hybridized carbons (Fsp3) is 0.0909. The average molecular weight is 296 g/mol. The molecule has 110 valence electrons. The van der Waals surface area contributed by atoms with Gasteiger partial charge in [0, 0.05) is 17.2 Å². The number of fused-ring (bicyclic) bond motifs is 6. The van der Waals surface area contributed by atoms with Crippen LogP contribution in [0.5, 0.6) is 0 Å². The third-order valence-corrected chi connectivity index (χ3v) is 4.76. The summed E-state index contributed by atoms with van der Waals surface area (Å²) in [6, 6.07) is 24.0. The molecule has 0 fully saturated rings. The molecular formula is C22H16O. The molecule has 0 aliphatic heterocycles. The second-order valence-corrected chi connectivity index (χ2v) is 6.13. The lowest BCUT2D eigenvalue weighted by molar-refractivity contribution is 0.560. The summed E-state index contributed by atoms with van der Waals surface area (Å²) in [5.74, 6) is 1.05. The number of furan rings is 1. The topological polar surface area (TPSA) is 13.1 Å². The summed E-state index contributed by atoms with van der Waals surface area (Å²) in [6.45, 7) is 2.13. The molecule has 0 spiro atoms. The van der Waals surface area contributed by atoms with E-state index in [1.807, 2.05) is 0 Å². The van der Waals surface area contributed by atoms with Crippen molar-refractivity contribution in [3.63, 3.8) is 0 Å². The van der Waals surface area contributed by atoms with Crippen molar-refractivity contribution in [2.45, 2.75) is 13.3 Å². The van der Waals surface area contributed by atoms with Crippen LogP contribution in [-0.2, 0) is 6.42 Å². The largest absolute Gasteiger partial charge is 0.460 e. The van der Waals surface area contributed by atoms with E-state index < -0.39 is 0 Å². The van der Waals surface area contributed by atoms with E-state index in [0.717, 1.165) is 17.8 Å². The number of benzene rings is 4. The molecule has 0 unspecified atom stereocenters. The molecule has 23 heavy (non-hydrogen) atoms. The van der Waals surface area contributed by atoms with E-state index in [0.29, 0.717) is 0 Å². The normalized spacial score (nSPS) is 11.9. The van der Waals surface area contributed by atoms with Gasteiger partial charge in [0.05, 0.1) is 0 Å². The summed E-state index contributed by atoms with van der Waals surface area (Å²) < 4.78 is 6.07. The van der Waals surface area contributed by atoms with Gasteiger partial charge in [0.25, 0.3) is 0 Å². The zero-order valence-corrected chi connectivity index (χ0v) is 13.0. The van der Waals surface area contributed by atoms with Crippen molar-refractivity contribution >= 4 is 43.3 Å². The maximum Gasteiger partial charge on any atom is 0.142 e. The highest BCUT2D eigenvalue weighted by atomic mass is 16.3. The molecule has 0 saturated carbocycles. The van der Waals surface area contributed by atoms with Gasteiger partial charge in [-0.1, -0.05) is 49.4 Å². The van der Waals surface area contributed by atoms with Gasteiger partial charge in [0.1, 0.15) is 11.3 Å². The predicted molar refractivity (Wildman–Crippen MR) is 98.1 cm³/mol. The molecule has 1 heteroatoms. The van der Waals surface area contributed by atoms with Crippen LogP contribution in [0, 0.1) is 0 Å². The number of rotatable bonds is 1. The highest BCUT2D eigenvalue weighted by Crippen LogP contribution is 2.34. The molecule has 0 aliphatic carbocycles. The number of hydrogen-bond acceptors (Lipinski definition) is 1. The van der Waals surface area contributed by atoms with Crippen molar-refractivity contribution in [3.8, 4) is 0 Å². The van der Waals surface area contributed by atoms with Crippen LogP contribution in [0.3, 0.4) is 0 Å². The molecule has 5 aromatic rings. The van der Waals surface area contributed by atoms with E-state index in [2.05, 4.69) is 73.7 Å². The Balaban J connectivity index is 1.96. The third kappa shape index (κ3) is 1.80. The third-order valence-electron chi connectivity index (χ3n) is 4.76. The van der Waals surface area contributed by atoms with E-state index in [-0.39, 0.29) is 0 Å². The van der Waals surface area contributed by atoms with Crippen LogP contribution in [0.1, 0.15) is 12.7 Å². The summed E-state index contributed by atoms with van der Waals surface area (Å²) in [6.07, 6.45) is 0.925. The zero-order valence-electron chi connectivity index (χ0n) is 13.0. The highest BCUT2D eigenvalue weighted by molar-refractivity contribution is 6.17. The van der Waals surface area contributed by atoms with E-state index in [1.54, 1.807) is 0 Å². The minimum atomic E-state index is 0.925. The molecule has 0 atom stereocenters. The van der Waals surface area contributed by atoms with Crippen molar-refractivity contribution in [2.24, 2.45) is 0 Å². The van der Waals surface area contributed by atoms with Crippen LogP contribution in [0.4, 0.5) is 0 Å². The quantitative estimate of drug-likeness (QED) is 0.256. The second-order valence-electron chi connectivity index (χ2n) is 6.13. The first-order valence-corrected chi connectivity index (χ1v) is 8.10. The van der Waals surface area contributed by atoms with Crippen molar-refractivity contribution < 1.29 is 4.42 Å². The maximum atomic E-state index is 6.07. The molecule has 0 saturated heterocycles. The molecular weight excluding hydrogens is 280 g/mol. The Morgan fingerprint density at radius 1 is 0.652 bits per heavy atom. The molecule has 0 radical (unpaired) electrons. The Labute approximate surface area is 134 Å². The fourth-order valence-corrected chi connectivity index (χ4v) is 3.55. The standard InChI is InChI=1S/C22H16O/c1-2-18-12-17-8-9-19-20(22(17)23-18)10-7-16-11-14-5-3-4-6-15(14)13-21(16)19/h3-13H,2H2,1H3. The van der Waals surface area contributed by atoms with Crippen LogP contribution in [0.15, 0.2) is 71.1 Å². The van der Waals surface area contributed by atoms with Crippen LogP contribution in [-0.4, -0.2) is 0 Å². The Hall–Kier alpha value is -2.80. The van der Waals surface area contributed by atoms with Crippen molar-refractivity contribution in [1.82, 2.24) is 0 Å². The first-order valence-electron chi connectivity index (χ1n) is 8.10. The molecule has 4 aromatic carbocycles. The van der Waals surface area contributed by atoms with Gasteiger partial charge in [-0.05, 0) is 51.2 Å². The van der Waals surface area contributed by atoms with Gasteiger partial charge in [-0.3, -0.25) is 0 Å². The monoisotopic (exact) mass is 296 g/mol. The minimum Gasteiger partial charge on any atom is -0.460 e. The molecule has 0 bridgehead atoms. The summed E-state index contributed by atoms with van der Waals surface area (Å²) >= 11 is 0. The summed E-state index contributed by atoms with van der Waals surface area (Å²) in [5, 5.41) is 8.78. The van der Waals surface area contributed by atoms with Crippen LogP contribution >= 0.6 is 0 Å². The van der Waals surface area contributed by atoms with Gasteiger partial charge in [0.2, 0.25) is 0 Å². The van der Waals surface area contributed by atoms with E-state index in [1.165, 1.54) is 37.7 Å². The van der Waals surface area contributed by atoms with Gasteiger partial charge >= 0.3 is 0 Å². The second kappa shape index (κ2) is 4.60. The lowest BCUT2D eigenvalue weighted by Gasteiger charge is -2.07. The number of hydrogen-bond donors (Lipinski definition) is 0. The van der Waals surface area contributed by atoms with Crippen LogP contribution in [0.2, 0.25) is 0 Å². The Bertz CT molecular complexity index is 1190. The molecule has 0 amide bonds. The van der Waals surface area contributed by atoms with Gasteiger partial charge in [0.15, 0.2) is 0 Å². The smallest absolute Gasteiger partial charge is 0.142 e. The van der Waals surface area contributed by atoms with Crippen molar-refractivity contribution in [3.05, 3.63) is 72.5 Å². The summed E-state index contributed by atoms with van der Waals surface area (Å²) in [7, 11) is 0. The zero-order chi connectivity index (χ0) is 15.4. The van der Waals surface area contributed by atoms with Gasteiger partial charge < -0.3 is 4.42 Å². The predicted octanol–water partition coefficient (Wildman–Crippen LogP) is 6.45. The van der Waals surface area contributed by atoms with E-state index in [9.17, 15) is 0 Å². The highest BCUT2D eigenvalue weighted by Gasteiger charge is 2.09. The Morgan fingerprint density at radius 3 is 2.22 bits per heavy atom. The van der Waals surface area contributed by atoms with Gasteiger partial charge in [-0.2, -0.15) is 0 Å². The first kappa shape index (κ1) is 12.7. The molecule has 1 nitrogen and oxygen atoms in total. The summed E-state index contributed by atoms with van der Waals surface area (Å²) in [4.78, 5) is 0. The van der Waals surface area contributed by atoms with Crippen LogP contribution < -0.4 is 0 Å².